The highest BCUT2D eigenvalue weighted by molar-refractivity contribution is 5.96. The fourth-order valence-electron chi connectivity index (χ4n) is 2.13. The van der Waals surface area contributed by atoms with Crippen LogP contribution in [0.5, 0.6) is 0 Å². The Labute approximate surface area is 148 Å². The van der Waals surface area contributed by atoms with E-state index < -0.39 is 17.9 Å². The van der Waals surface area contributed by atoms with Gasteiger partial charge in [-0.1, -0.05) is 20.8 Å². The van der Waals surface area contributed by atoms with Gasteiger partial charge in [-0.2, -0.15) is 0 Å². The number of nitrogens with one attached hydrogen (secondary N) is 2. The van der Waals surface area contributed by atoms with Crippen LogP contribution in [-0.2, 0) is 4.79 Å². The lowest BCUT2D eigenvalue weighted by molar-refractivity contribution is -0.141. The second kappa shape index (κ2) is 9.05. The van der Waals surface area contributed by atoms with Crippen LogP contribution in [0, 0.1) is 18.8 Å². The molecule has 7 nitrogen and oxygen atoms in total. The number of carbonyl (C=O) groups excluding carboxylic acids is 2. The molecule has 0 heterocycles. The molecule has 3 amide bonds. The third-order valence-corrected chi connectivity index (χ3v) is 3.72. The molecule has 1 aromatic carbocycles. The number of hydrogen-bond acceptors (Lipinski definition) is 3. The summed E-state index contributed by atoms with van der Waals surface area (Å²) in [5.74, 6) is -1.38. The van der Waals surface area contributed by atoms with Crippen molar-refractivity contribution in [2.45, 2.75) is 27.7 Å². The Morgan fingerprint density at radius 1 is 1.20 bits per heavy atom. The van der Waals surface area contributed by atoms with Crippen LogP contribution in [0.15, 0.2) is 18.2 Å². The van der Waals surface area contributed by atoms with Gasteiger partial charge in [-0.15, -0.1) is 0 Å². The number of amides is 3. The Balaban J connectivity index is 2.72. The molecule has 0 aliphatic carbocycles. The SMILES string of the molecule is Cc1cc(C(=O)NCC(C)C)ccc1NC(=O)N(C)CC(C)C(=O)O. The highest BCUT2D eigenvalue weighted by atomic mass is 16.4. The van der Waals surface area contributed by atoms with Gasteiger partial charge in [0.2, 0.25) is 0 Å². The summed E-state index contributed by atoms with van der Waals surface area (Å²) in [5, 5.41) is 14.5. The molecule has 25 heavy (non-hydrogen) atoms. The number of rotatable bonds is 7. The van der Waals surface area contributed by atoms with Gasteiger partial charge in [0.1, 0.15) is 0 Å². The maximum absolute atomic E-state index is 12.2. The zero-order chi connectivity index (χ0) is 19.1. The molecule has 0 aromatic heterocycles. The van der Waals surface area contributed by atoms with Crippen LogP contribution in [0.4, 0.5) is 10.5 Å². The first-order valence-corrected chi connectivity index (χ1v) is 8.25. The fraction of sp³-hybridized carbons (Fsp3) is 0.500. The van der Waals surface area contributed by atoms with Crippen LogP contribution < -0.4 is 10.6 Å². The molecule has 0 bridgehead atoms. The van der Waals surface area contributed by atoms with Crippen molar-refractivity contribution in [2.24, 2.45) is 11.8 Å². The summed E-state index contributed by atoms with van der Waals surface area (Å²) in [4.78, 5) is 36.4. The summed E-state index contributed by atoms with van der Waals surface area (Å²) in [7, 11) is 1.54. The van der Waals surface area contributed by atoms with Gasteiger partial charge in [-0.3, -0.25) is 9.59 Å². The Hall–Kier alpha value is -2.57. The van der Waals surface area contributed by atoms with Gasteiger partial charge in [-0.05, 0) is 36.6 Å². The summed E-state index contributed by atoms with van der Waals surface area (Å²) in [5.41, 5.74) is 1.87. The number of aliphatic carboxylic acids is 1. The summed E-state index contributed by atoms with van der Waals surface area (Å²) in [6.07, 6.45) is 0. The van der Waals surface area contributed by atoms with Gasteiger partial charge in [0.25, 0.3) is 5.91 Å². The van der Waals surface area contributed by atoms with E-state index >= 15 is 0 Å². The first-order chi connectivity index (χ1) is 11.6. The first-order valence-electron chi connectivity index (χ1n) is 8.25. The lowest BCUT2D eigenvalue weighted by Crippen LogP contribution is -2.36. The van der Waals surface area contributed by atoms with Crippen LogP contribution >= 0.6 is 0 Å². The van der Waals surface area contributed by atoms with Crippen molar-refractivity contribution in [2.75, 3.05) is 25.5 Å². The van der Waals surface area contributed by atoms with E-state index in [1.165, 1.54) is 11.9 Å². The molecular formula is C18H27N3O4. The molecule has 0 saturated carbocycles. The predicted octanol–water partition coefficient (Wildman–Crippen LogP) is 2.57. The van der Waals surface area contributed by atoms with Crippen molar-refractivity contribution < 1.29 is 19.5 Å². The predicted molar refractivity (Wildman–Crippen MR) is 96.8 cm³/mol. The average Bonchev–Trinajstić information content (AvgIpc) is 2.53. The van der Waals surface area contributed by atoms with Crippen molar-refractivity contribution in [3.63, 3.8) is 0 Å². The van der Waals surface area contributed by atoms with Crippen LogP contribution in [0.25, 0.3) is 0 Å². The monoisotopic (exact) mass is 349 g/mol. The summed E-state index contributed by atoms with van der Waals surface area (Å²) >= 11 is 0. The second-order valence-electron chi connectivity index (χ2n) is 6.68. The van der Waals surface area contributed by atoms with E-state index in [9.17, 15) is 14.4 Å². The summed E-state index contributed by atoms with van der Waals surface area (Å²) in [6, 6.07) is 4.64. The molecule has 138 valence electrons. The molecule has 0 aliphatic heterocycles. The van der Waals surface area contributed by atoms with E-state index in [0.717, 1.165) is 5.56 Å². The molecule has 0 saturated heterocycles. The molecule has 1 unspecified atom stereocenters. The van der Waals surface area contributed by atoms with Crippen LogP contribution in [0.1, 0.15) is 36.7 Å². The highest BCUT2D eigenvalue weighted by Crippen LogP contribution is 2.17. The second-order valence-corrected chi connectivity index (χ2v) is 6.68. The normalized spacial score (nSPS) is 11.8. The van der Waals surface area contributed by atoms with Crippen molar-refractivity contribution in [3.8, 4) is 0 Å². The smallest absolute Gasteiger partial charge is 0.321 e. The number of aryl methyl sites for hydroxylation is 1. The highest BCUT2D eigenvalue weighted by Gasteiger charge is 2.18. The minimum Gasteiger partial charge on any atom is -0.481 e. The number of benzene rings is 1. The lowest BCUT2D eigenvalue weighted by atomic mass is 10.1. The maximum Gasteiger partial charge on any atom is 0.321 e. The standard InChI is InChI=1S/C18H27N3O4/c1-11(2)9-19-16(22)14-6-7-15(12(3)8-14)20-18(25)21(5)10-13(4)17(23)24/h6-8,11,13H,9-10H2,1-5H3,(H,19,22)(H,20,25)(H,23,24). The lowest BCUT2D eigenvalue weighted by Gasteiger charge is -2.20. The number of anilines is 1. The van der Waals surface area contributed by atoms with E-state index in [4.69, 9.17) is 5.11 Å². The summed E-state index contributed by atoms with van der Waals surface area (Å²) < 4.78 is 0. The Morgan fingerprint density at radius 3 is 2.36 bits per heavy atom. The minimum atomic E-state index is -0.951. The number of carboxylic acids is 1. The Morgan fingerprint density at radius 2 is 1.84 bits per heavy atom. The molecule has 7 heteroatoms. The fourth-order valence-corrected chi connectivity index (χ4v) is 2.13. The Bertz CT molecular complexity index is 643. The van der Waals surface area contributed by atoms with Crippen molar-refractivity contribution >= 4 is 23.6 Å². The van der Waals surface area contributed by atoms with Gasteiger partial charge < -0.3 is 20.6 Å². The molecule has 0 aliphatic rings. The molecule has 0 radical (unpaired) electrons. The molecule has 3 N–H and O–H groups in total. The topological polar surface area (TPSA) is 98.7 Å². The summed E-state index contributed by atoms with van der Waals surface area (Å²) in [6.45, 7) is 8.09. The van der Waals surface area contributed by atoms with E-state index in [1.807, 2.05) is 13.8 Å². The number of nitrogens with zero attached hydrogens (tertiary/aromatic N) is 1. The third kappa shape index (κ3) is 6.45. The van der Waals surface area contributed by atoms with E-state index in [1.54, 1.807) is 32.0 Å². The van der Waals surface area contributed by atoms with Gasteiger partial charge >= 0.3 is 12.0 Å². The van der Waals surface area contributed by atoms with Gasteiger partial charge in [0.15, 0.2) is 0 Å². The largest absolute Gasteiger partial charge is 0.481 e. The number of carboxylic acid groups (broad SMARTS) is 1. The molecule has 0 spiro atoms. The quantitative estimate of drug-likeness (QED) is 0.704. The van der Waals surface area contributed by atoms with E-state index in [-0.39, 0.29) is 12.5 Å². The van der Waals surface area contributed by atoms with E-state index in [0.29, 0.717) is 23.7 Å². The van der Waals surface area contributed by atoms with Crippen LogP contribution in [0.3, 0.4) is 0 Å². The van der Waals surface area contributed by atoms with Gasteiger partial charge in [0, 0.05) is 31.4 Å². The minimum absolute atomic E-state index is 0.107. The third-order valence-electron chi connectivity index (χ3n) is 3.72. The molecule has 1 aromatic rings. The Kier molecular flexibility index (Phi) is 7.42. The van der Waals surface area contributed by atoms with Crippen LogP contribution in [0.2, 0.25) is 0 Å². The number of hydrogen-bond donors (Lipinski definition) is 3. The van der Waals surface area contributed by atoms with Crippen molar-refractivity contribution in [1.29, 1.82) is 0 Å². The average molecular weight is 349 g/mol. The van der Waals surface area contributed by atoms with E-state index in [2.05, 4.69) is 10.6 Å². The van der Waals surface area contributed by atoms with Crippen molar-refractivity contribution in [1.82, 2.24) is 10.2 Å². The molecule has 0 fully saturated rings. The zero-order valence-electron chi connectivity index (χ0n) is 15.4. The number of urea groups is 1. The van der Waals surface area contributed by atoms with Crippen LogP contribution in [-0.4, -0.2) is 48.1 Å². The molecule has 1 rings (SSSR count). The molecular weight excluding hydrogens is 322 g/mol. The zero-order valence-corrected chi connectivity index (χ0v) is 15.4. The van der Waals surface area contributed by atoms with Crippen molar-refractivity contribution in [3.05, 3.63) is 29.3 Å². The first kappa shape index (κ1) is 20.5. The number of carbonyl (C=O) groups is 3. The van der Waals surface area contributed by atoms with Gasteiger partial charge in [-0.25, -0.2) is 4.79 Å². The molecule has 1 atom stereocenters. The maximum atomic E-state index is 12.2. The van der Waals surface area contributed by atoms with Gasteiger partial charge in [0.05, 0.1) is 5.92 Å².